The van der Waals surface area contributed by atoms with Crippen LogP contribution in [-0.4, -0.2) is 32.1 Å². The molecule has 28 heavy (non-hydrogen) atoms. The van der Waals surface area contributed by atoms with Gasteiger partial charge in [0, 0.05) is 61.4 Å². The average molecular weight is 396 g/mol. The van der Waals surface area contributed by atoms with Gasteiger partial charge in [0.1, 0.15) is 0 Å². The first kappa shape index (κ1) is 18.8. The summed E-state index contributed by atoms with van der Waals surface area (Å²) in [5.74, 6) is 0.00613. The first-order chi connectivity index (χ1) is 13.6. The number of carbonyl (C=O) groups is 1. The van der Waals surface area contributed by atoms with Crippen molar-refractivity contribution in [2.75, 3.05) is 6.54 Å². The summed E-state index contributed by atoms with van der Waals surface area (Å²) in [5.41, 5.74) is 5.41. The Balaban J connectivity index is 1.37. The van der Waals surface area contributed by atoms with E-state index < -0.39 is 0 Å². The SMILES string of the molecule is CCc1ccc(CN2CCc3c(C(=O)NCc4cnn(C)c4)csc3C2)nc1. The van der Waals surface area contributed by atoms with E-state index in [1.807, 2.05) is 24.8 Å². The second kappa shape index (κ2) is 8.24. The first-order valence-electron chi connectivity index (χ1n) is 9.63. The summed E-state index contributed by atoms with van der Waals surface area (Å²) < 4.78 is 1.74. The molecule has 0 atom stereocenters. The van der Waals surface area contributed by atoms with Crippen molar-refractivity contribution in [2.45, 2.75) is 39.4 Å². The second-order valence-electron chi connectivity index (χ2n) is 7.23. The third kappa shape index (κ3) is 4.15. The monoisotopic (exact) mass is 395 g/mol. The van der Waals surface area contributed by atoms with Crippen molar-refractivity contribution >= 4 is 17.2 Å². The molecule has 0 saturated carbocycles. The highest BCUT2D eigenvalue weighted by Crippen LogP contribution is 2.29. The predicted molar refractivity (Wildman–Crippen MR) is 110 cm³/mol. The van der Waals surface area contributed by atoms with Crippen molar-refractivity contribution in [2.24, 2.45) is 7.05 Å². The minimum absolute atomic E-state index is 0.00613. The van der Waals surface area contributed by atoms with Crippen LogP contribution >= 0.6 is 11.3 Å². The Bertz CT molecular complexity index is 960. The van der Waals surface area contributed by atoms with Crippen LogP contribution < -0.4 is 5.32 Å². The number of thiophene rings is 1. The van der Waals surface area contributed by atoms with Crippen LogP contribution in [0.5, 0.6) is 0 Å². The lowest BCUT2D eigenvalue weighted by atomic mass is 10.0. The second-order valence-corrected chi connectivity index (χ2v) is 8.19. The lowest BCUT2D eigenvalue weighted by molar-refractivity contribution is 0.0949. The van der Waals surface area contributed by atoms with E-state index >= 15 is 0 Å². The molecule has 6 nitrogen and oxygen atoms in total. The summed E-state index contributed by atoms with van der Waals surface area (Å²) in [6, 6.07) is 4.29. The van der Waals surface area contributed by atoms with E-state index in [-0.39, 0.29) is 5.91 Å². The number of rotatable bonds is 6. The molecule has 0 spiro atoms. The number of aryl methyl sites for hydroxylation is 2. The molecule has 7 heteroatoms. The molecule has 1 aliphatic heterocycles. The maximum Gasteiger partial charge on any atom is 0.252 e. The molecule has 0 bridgehead atoms. The Hall–Kier alpha value is -2.51. The largest absolute Gasteiger partial charge is 0.348 e. The molecule has 0 radical (unpaired) electrons. The highest BCUT2D eigenvalue weighted by molar-refractivity contribution is 7.10. The van der Waals surface area contributed by atoms with E-state index in [2.05, 4.69) is 39.4 Å². The molecule has 0 aliphatic carbocycles. The van der Waals surface area contributed by atoms with Crippen molar-refractivity contribution in [3.8, 4) is 0 Å². The van der Waals surface area contributed by atoms with E-state index in [1.54, 1.807) is 22.2 Å². The van der Waals surface area contributed by atoms with Gasteiger partial charge < -0.3 is 5.32 Å². The molecular formula is C21H25N5OS. The molecule has 0 aromatic carbocycles. The Kier molecular flexibility index (Phi) is 5.54. The van der Waals surface area contributed by atoms with Crippen molar-refractivity contribution in [3.63, 3.8) is 0 Å². The van der Waals surface area contributed by atoms with Gasteiger partial charge in [0.2, 0.25) is 0 Å². The third-order valence-corrected chi connectivity index (χ3v) is 6.18. The molecular weight excluding hydrogens is 370 g/mol. The number of amides is 1. The maximum atomic E-state index is 12.6. The van der Waals surface area contributed by atoms with Gasteiger partial charge in [-0.25, -0.2) is 0 Å². The number of nitrogens with one attached hydrogen (secondary N) is 1. The highest BCUT2D eigenvalue weighted by Gasteiger charge is 2.24. The Morgan fingerprint density at radius 1 is 1.29 bits per heavy atom. The Morgan fingerprint density at radius 2 is 2.18 bits per heavy atom. The lowest BCUT2D eigenvalue weighted by Gasteiger charge is -2.27. The normalized spacial score (nSPS) is 14.1. The molecule has 146 valence electrons. The standard InChI is InChI=1S/C21H25N5OS/c1-3-15-4-5-17(22-8-15)12-26-7-6-18-19(14-28-20(18)13-26)21(27)23-9-16-10-24-25(2)11-16/h4-5,8,10-11,14H,3,6-7,9,12-13H2,1-2H3,(H,23,27). The van der Waals surface area contributed by atoms with Crippen LogP contribution in [0.2, 0.25) is 0 Å². The number of nitrogens with zero attached hydrogens (tertiary/aromatic N) is 4. The molecule has 4 rings (SSSR count). The van der Waals surface area contributed by atoms with Gasteiger partial charge in [0.25, 0.3) is 5.91 Å². The molecule has 1 N–H and O–H groups in total. The fourth-order valence-electron chi connectivity index (χ4n) is 3.53. The minimum Gasteiger partial charge on any atom is -0.348 e. The van der Waals surface area contributed by atoms with E-state index in [1.165, 1.54) is 16.0 Å². The summed E-state index contributed by atoms with van der Waals surface area (Å²) in [6.07, 6.45) is 7.59. The van der Waals surface area contributed by atoms with Crippen LogP contribution in [-0.2, 0) is 39.5 Å². The van der Waals surface area contributed by atoms with Crippen LogP contribution in [0.4, 0.5) is 0 Å². The summed E-state index contributed by atoms with van der Waals surface area (Å²) >= 11 is 1.69. The molecule has 0 saturated heterocycles. The number of pyridine rings is 1. The van der Waals surface area contributed by atoms with Gasteiger partial charge in [0.15, 0.2) is 0 Å². The van der Waals surface area contributed by atoms with Gasteiger partial charge in [-0.05, 0) is 30.0 Å². The van der Waals surface area contributed by atoms with E-state index in [4.69, 9.17) is 0 Å². The third-order valence-electron chi connectivity index (χ3n) is 5.16. The van der Waals surface area contributed by atoms with E-state index in [0.717, 1.165) is 49.3 Å². The minimum atomic E-state index is 0.00613. The number of carbonyl (C=O) groups excluding carboxylic acids is 1. The van der Waals surface area contributed by atoms with E-state index in [9.17, 15) is 4.79 Å². The van der Waals surface area contributed by atoms with E-state index in [0.29, 0.717) is 6.54 Å². The molecule has 1 aliphatic rings. The molecule has 3 aromatic rings. The zero-order valence-electron chi connectivity index (χ0n) is 16.3. The zero-order valence-corrected chi connectivity index (χ0v) is 17.1. The number of fused-ring (bicyclic) bond motifs is 1. The summed E-state index contributed by atoms with van der Waals surface area (Å²) in [4.78, 5) is 20.9. The average Bonchev–Trinajstić information content (AvgIpc) is 3.32. The van der Waals surface area contributed by atoms with Gasteiger partial charge >= 0.3 is 0 Å². The van der Waals surface area contributed by atoms with Crippen LogP contribution in [0.1, 0.15) is 44.5 Å². The van der Waals surface area contributed by atoms with Gasteiger partial charge in [-0.3, -0.25) is 19.4 Å². The zero-order chi connectivity index (χ0) is 19.5. The lowest BCUT2D eigenvalue weighted by Crippen LogP contribution is -2.31. The van der Waals surface area contributed by atoms with Crippen LogP contribution in [0, 0.1) is 0 Å². The fraction of sp³-hybridized carbons (Fsp3) is 0.381. The van der Waals surface area contributed by atoms with Crippen LogP contribution in [0.25, 0.3) is 0 Å². The smallest absolute Gasteiger partial charge is 0.252 e. The first-order valence-corrected chi connectivity index (χ1v) is 10.5. The molecule has 0 fully saturated rings. The topological polar surface area (TPSA) is 63.1 Å². The Labute approximate surface area is 169 Å². The van der Waals surface area contributed by atoms with Gasteiger partial charge in [0.05, 0.1) is 17.5 Å². The number of aromatic nitrogens is 3. The predicted octanol–water partition coefficient (Wildman–Crippen LogP) is 2.93. The van der Waals surface area contributed by atoms with Gasteiger partial charge in [-0.15, -0.1) is 11.3 Å². The van der Waals surface area contributed by atoms with Crippen molar-refractivity contribution in [3.05, 3.63) is 68.9 Å². The van der Waals surface area contributed by atoms with Gasteiger partial charge in [-0.1, -0.05) is 13.0 Å². The van der Waals surface area contributed by atoms with Crippen LogP contribution in [0.3, 0.4) is 0 Å². The molecule has 0 unspecified atom stereocenters. The van der Waals surface area contributed by atoms with Crippen molar-refractivity contribution < 1.29 is 4.79 Å². The number of hydrogen-bond acceptors (Lipinski definition) is 5. The van der Waals surface area contributed by atoms with Crippen molar-refractivity contribution in [1.29, 1.82) is 0 Å². The summed E-state index contributed by atoms with van der Waals surface area (Å²) in [5, 5.41) is 9.16. The van der Waals surface area contributed by atoms with Gasteiger partial charge in [-0.2, -0.15) is 5.10 Å². The quantitative estimate of drug-likeness (QED) is 0.697. The maximum absolute atomic E-state index is 12.6. The fourth-order valence-corrected chi connectivity index (χ4v) is 4.66. The molecule has 4 heterocycles. The molecule has 3 aromatic heterocycles. The summed E-state index contributed by atoms with van der Waals surface area (Å²) in [6.45, 7) is 5.33. The molecule has 1 amide bonds. The van der Waals surface area contributed by atoms with Crippen molar-refractivity contribution in [1.82, 2.24) is 25.0 Å². The summed E-state index contributed by atoms with van der Waals surface area (Å²) in [7, 11) is 1.88. The van der Waals surface area contributed by atoms with Crippen LogP contribution in [0.15, 0.2) is 36.1 Å². The highest BCUT2D eigenvalue weighted by atomic mass is 32.1. The number of hydrogen-bond donors (Lipinski definition) is 1. The Morgan fingerprint density at radius 3 is 2.89 bits per heavy atom.